The van der Waals surface area contributed by atoms with Crippen LogP contribution in [0.4, 0.5) is 27.6 Å². The Morgan fingerprint density at radius 1 is 1.19 bits per heavy atom. The first-order valence-electron chi connectivity index (χ1n) is 11.0. The molecule has 0 spiro atoms. The Balaban J connectivity index is 0.000000315. The zero-order valence-corrected chi connectivity index (χ0v) is 20.4. The van der Waals surface area contributed by atoms with Crippen LogP contribution in [0.1, 0.15) is 32.9 Å². The third kappa shape index (κ3) is 12.2. The Hall–Kier alpha value is -2.83. The summed E-state index contributed by atoms with van der Waals surface area (Å²) in [5.74, 6) is -1.69. The van der Waals surface area contributed by atoms with Gasteiger partial charge in [0.25, 0.3) is 5.91 Å². The summed E-state index contributed by atoms with van der Waals surface area (Å²) in [6, 6.07) is 7.20. The number of ether oxygens (including phenoxy) is 3. The quantitative estimate of drug-likeness (QED) is 0.398. The third-order valence-electron chi connectivity index (χ3n) is 4.77. The molecule has 2 N–H and O–H groups in total. The number of amides is 1. The maximum absolute atomic E-state index is 12.9. The van der Waals surface area contributed by atoms with Crippen molar-refractivity contribution in [1.29, 1.82) is 0 Å². The molecule has 1 aliphatic rings. The number of methoxy groups -OCH3 is 1. The molecule has 0 bridgehead atoms. The number of aliphatic hydroxyl groups excluding tert-OH is 1. The molecule has 1 fully saturated rings. The number of carbonyl (C=O) groups excluding carboxylic acids is 1. The number of aliphatic hydroxyl groups is 1. The number of carbonyl (C=O) groups is 1. The van der Waals surface area contributed by atoms with Gasteiger partial charge in [-0.2, -0.15) is 17.6 Å². The van der Waals surface area contributed by atoms with E-state index in [2.05, 4.69) is 17.2 Å². The van der Waals surface area contributed by atoms with E-state index in [9.17, 15) is 26.7 Å². The van der Waals surface area contributed by atoms with E-state index in [0.29, 0.717) is 23.9 Å². The Labute approximate surface area is 206 Å². The van der Waals surface area contributed by atoms with Crippen molar-refractivity contribution >= 4 is 11.6 Å². The number of alkyl halides is 3. The van der Waals surface area contributed by atoms with E-state index in [4.69, 9.17) is 19.3 Å². The first kappa shape index (κ1) is 31.2. The topological polar surface area (TPSA) is 89.9 Å². The first-order valence-corrected chi connectivity index (χ1v) is 11.0. The van der Waals surface area contributed by atoms with Gasteiger partial charge in [0.1, 0.15) is 12.7 Å². The fourth-order valence-electron chi connectivity index (χ4n) is 2.79. The highest BCUT2D eigenvalue weighted by Crippen LogP contribution is 2.26. The molecule has 1 aromatic carbocycles. The van der Waals surface area contributed by atoms with Gasteiger partial charge in [0.05, 0.1) is 36.9 Å². The Morgan fingerprint density at radius 3 is 2.36 bits per heavy atom. The normalized spacial score (nSPS) is 18.9. The van der Waals surface area contributed by atoms with Crippen LogP contribution >= 0.6 is 0 Å². The van der Waals surface area contributed by atoms with Crippen LogP contribution in [-0.2, 0) is 20.9 Å². The largest absolute Gasteiger partial charge is 0.488 e. The number of benzene rings is 1. The van der Waals surface area contributed by atoms with Crippen molar-refractivity contribution in [2.24, 2.45) is 5.92 Å². The standard InChI is InChI=1S/C13H18N2O3.C9H10F2O2.C2H3F3/c1-8-5-12(18-9(8)2)13(17)15-10-3-4-11(7-16)14-6-10;1-12-5-6-13-8-4-2-3-7(10)9(8)11;1-2(3,4)5/h3-4,6,8-9,12,16H,5,7H2,1-2H3,(H,15,17);2-4H,5-6H2,1H3;1H3/t8-,9?,12+;;/m0../s1. The lowest BCUT2D eigenvalue weighted by molar-refractivity contribution is -0.126. The van der Waals surface area contributed by atoms with Crippen molar-refractivity contribution in [3.8, 4) is 5.75 Å². The van der Waals surface area contributed by atoms with E-state index >= 15 is 0 Å². The molecular formula is C24H31F5N2O5. The van der Waals surface area contributed by atoms with Gasteiger partial charge in [-0.3, -0.25) is 9.78 Å². The molecule has 3 atom stereocenters. The molecule has 1 aliphatic heterocycles. The number of nitrogens with zero attached hydrogens (tertiary/aromatic N) is 1. The van der Waals surface area contributed by atoms with Crippen LogP contribution in [0.25, 0.3) is 0 Å². The van der Waals surface area contributed by atoms with Crippen molar-refractivity contribution in [3.63, 3.8) is 0 Å². The molecule has 0 aliphatic carbocycles. The molecule has 2 aromatic rings. The van der Waals surface area contributed by atoms with Crippen molar-refractivity contribution in [3.05, 3.63) is 53.9 Å². The molecule has 1 amide bonds. The maximum atomic E-state index is 12.9. The molecule has 1 saturated heterocycles. The van der Waals surface area contributed by atoms with Crippen LogP contribution in [-0.4, -0.2) is 54.7 Å². The van der Waals surface area contributed by atoms with Gasteiger partial charge in [0.15, 0.2) is 11.6 Å². The summed E-state index contributed by atoms with van der Waals surface area (Å²) in [6.45, 7) is 4.69. The smallest absolute Gasteiger partial charge is 0.386 e. The summed E-state index contributed by atoms with van der Waals surface area (Å²) >= 11 is 0. The summed E-state index contributed by atoms with van der Waals surface area (Å²) in [7, 11) is 1.51. The zero-order chi connectivity index (χ0) is 27.3. The summed E-state index contributed by atoms with van der Waals surface area (Å²) in [6.07, 6.45) is -1.98. The summed E-state index contributed by atoms with van der Waals surface area (Å²) in [4.78, 5) is 15.9. The predicted octanol–water partition coefficient (Wildman–Crippen LogP) is 4.88. The van der Waals surface area contributed by atoms with Crippen LogP contribution in [0.2, 0.25) is 0 Å². The number of rotatable bonds is 7. The van der Waals surface area contributed by atoms with E-state index < -0.39 is 17.8 Å². The number of nitrogens with one attached hydrogen (secondary N) is 1. The second kappa shape index (κ2) is 15.3. The van der Waals surface area contributed by atoms with Gasteiger partial charge in [-0.05, 0) is 43.5 Å². The van der Waals surface area contributed by atoms with E-state index in [1.54, 1.807) is 12.1 Å². The molecule has 0 radical (unpaired) electrons. The summed E-state index contributed by atoms with van der Waals surface area (Å²) < 4.78 is 71.7. The fourth-order valence-corrected chi connectivity index (χ4v) is 2.79. The average molecular weight is 523 g/mol. The number of hydrogen-bond donors (Lipinski definition) is 2. The molecule has 3 rings (SSSR count). The van der Waals surface area contributed by atoms with Crippen LogP contribution in [0, 0.1) is 17.6 Å². The lowest BCUT2D eigenvalue weighted by Crippen LogP contribution is -2.27. The van der Waals surface area contributed by atoms with E-state index in [1.165, 1.54) is 25.4 Å². The SMILES string of the molecule is CC(F)(F)F.CC1O[C@@H](C(=O)Nc2ccc(CO)nc2)C[C@@H]1C.COCCOc1cccc(F)c1F. The second-order valence-corrected chi connectivity index (χ2v) is 7.90. The average Bonchev–Trinajstić information content (AvgIpc) is 3.15. The highest BCUT2D eigenvalue weighted by Gasteiger charge is 2.33. The molecule has 12 heteroatoms. The van der Waals surface area contributed by atoms with E-state index in [0.717, 1.165) is 12.5 Å². The van der Waals surface area contributed by atoms with Gasteiger partial charge < -0.3 is 24.6 Å². The van der Waals surface area contributed by atoms with Gasteiger partial charge in [-0.1, -0.05) is 13.0 Å². The molecular weight excluding hydrogens is 491 g/mol. The molecule has 202 valence electrons. The van der Waals surface area contributed by atoms with Gasteiger partial charge in [0, 0.05) is 14.0 Å². The minimum Gasteiger partial charge on any atom is -0.488 e. The maximum Gasteiger partial charge on any atom is 0.386 e. The first-order chi connectivity index (χ1) is 16.8. The summed E-state index contributed by atoms with van der Waals surface area (Å²) in [5, 5.41) is 11.6. The van der Waals surface area contributed by atoms with Crippen molar-refractivity contribution < 1.29 is 46.1 Å². The minimum atomic E-state index is -4.00. The number of anilines is 1. The molecule has 36 heavy (non-hydrogen) atoms. The number of hydrogen-bond acceptors (Lipinski definition) is 6. The van der Waals surface area contributed by atoms with Gasteiger partial charge in [0.2, 0.25) is 5.82 Å². The lowest BCUT2D eigenvalue weighted by Gasteiger charge is -2.11. The second-order valence-electron chi connectivity index (χ2n) is 7.90. The third-order valence-corrected chi connectivity index (χ3v) is 4.77. The molecule has 0 saturated carbocycles. The zero-order valence-electron chi connectivity index (χ0n) is 20.4. The monoisotopic (exact) mass is 522 g/mol. The number of pyridine rings is 1. The van der Waals surface area contributed by atoms with Crippen molar-refractivity contribution in [2.75, 3.05) is 25.6 Å². The van der Waals surface area contributed by atoms with Gasteiger partial charge >= 0.3 is 6.18 Å². The van der Waals surface area contributed by atoms with E-state index in [1.807, 2.05) is 6.92 Å². The molecule has 1 unspecified atom stereocenters. The number of halogens is 5. The Bertz CT molecular complexity index is 912. The van der Waals surface area contributed by atoms with Gasteiger partial charge in [-0.15, -0.1) is 0 Å². The highest BCUT2D eigenvalue weighted by molar-refractivity contribution is 5.94. The Kier molecular flexibility index (Phi) is 13.3. The van der Waals surface area contributed by atoms with Crippen LogP contribution in [0.3, 0.4) is 0 Å². The fraction of sp³-hybridized carbons (Fsp3) is 0.500. The minimum absolute atomic E-state index is 0.0861. The summed E-state index contributed by atoms with van der Waals surface area (Å²) in [5.41, 5.74) is 1.19. The highest BCUT2D eigenvalue weighted by atomic mass is 19.4. The Morgan fingerprint density at radius 2 is 1.86 bits per heavy atom. The van der Waals surface area contributed by atoms with Crippen molar-refractivity contribution in [1.82, 2.24) is 4.98 Å². The van der Waals surface area contributed by atoms with Gasteiger partial charge in [-0.25, -0.2) is 4.39 Å². The van der Waals surface area contributed by atoms with Crippen LogP contribution in [0.15, 0.2) is 36.5 Å². The van der Waals surface area contributed by atoms with Crippen molar-refractivity contribution in [2.45, 2.75) is 52.2 Å². The van der Waals surface area contributed by atoms with E-state index in [-0.39, 0.29) is 44.0 Å². The van der Waals surface area contributed by atoms with Crippen LogP contribution in [0.5, 0.6) is 5.75 Å². The molecule has 2 heterocycles. The molecule has 7 nitrogen and oxygen atoms in total. The van der Waals surface area contributed by atoms with Crippen LogP contribution < -0.4 is 10.1 Å². The lowest BCUT2D eigenvalue weighted by atomic mass is 10.0. The molecule has 1 aromatic heterocycles. The number of aromatic nitrogens is 1. The predicted molar refractivity (Wildman–Crippen MR) is 122 cm³/mol.